The summed E-state index contributed by atoms with van der Waals surface area (Å²) in [7, 11) is -1.97. The van der Waals surface area contributed by atoms with Crippen LogP contribution in [0.15, 0.2) is 46.3 Å². The van der Waals surface area contributed by atoms with Crippen LogP contribution in [-0.4, -0.2) is 36.5 Å². The summed E-state index contributed by atoms with van der Waals surface area (Å²) in [5.41, 5.74) is 0.765. The molecule has 0 aliphatic heterocycles. The molecule has 7 nitrogen and oxygen atoms in total. The molecule has 1 aromatic carbocycles. The molecular weight excluding hydrogens is 304 g/mol. The Kier molecular flexibility index (Phi) is 4.94. The smallest absolute Gasteiger partial charge is 0.245 e. The second-order valence-corrected chi connectivity index (χ2v) is 6.73. The number of rotatable bonds is 7. The largest absolute Gasteiger partial charge is 0.376 e. The van der Waals surface area contributed by atoms with E-state index in [0.717, 1.165) is 5.69 Å². The van der Waals surface area contributed by atoms with Crippen molar-refractivity contribution in [1.29, 1.82) is 0 Å². The van der Waals surface area contributed by atoms with Crippen molar-refractivity contribution in [2.75, 3.05) is 18.9 Å². The lowest BCUT2D eigenvalue weighted by Gasteiger charge is -2.15. The number of hydrogen-bond acceptors (Lipinski definition) is 6. The molecule has 1 aromatic heterocycles. The summed E-state index contributed by atoms with van der Waals surface area (Å²) in [5, 5.41) is 6.78. The molecule has 0 spiro atoms. The van der Waals surface area contributed by atoms with Gasteiger partial charge in [-0.2, -0.15) is 9.29 Å². The van der Waals surface area contributed by atoms with E-state index in [1.54, 1.807) is 37.3 Å². The first-order chi connectivity index (χ1) is 10.4. The first kappa shape index (κ1) is 16.2. The van der Waals surface area contributed by atoms with Gasteiger partial charge in [-0.05, 0) is 31.2 Å². The summed E-state index contributed by atoms with van der Waals surface area (Å²) in [6, 6.07) is 6.49. The molecule has 0 atom stereocenters. The second kappa shape index (κ2) is 6.71. The topological polar surface area (TPSA) is 88.3 Å². The fraction of sp³-hybridized carbons (Fsp3) is 0.286. The Morgan fingerprint density at radius 1 is 1.36 bits per heavy atom. The number of nitrogens with zero attached hydrogens (tertiary/aromatic N) is 3. The van der Waals surface area contributed by atoms with E-state index >= 15 is 0 Å². The van der Waals surface area contributed by atoms with Crippen molar-refractivity contribution in [2.24, 2.45) is 0 Å². The van der Waals surface area contributed by atoms with Gasteiger partial charge in [0.2, 0.25) is 15.9 Å². The molecule has 22 heavy (non-hydrogen) atoms. The van der Waals surface area contributed by atoms with Crippen molar-refractivity contribution in [1.82, 2.24) is 14.4 Å². The van der Waals surface area contributed by atoms with Crippen LogP contribution in [0.4, 0.5) is 5.69 Å². The lowest BCUT2D eigenvalue weighted by Crippen LogP contribution is -2.26. The van der Waals surface area contributed by atoms with Crippen molar-refractivity contribution < 1.29 is 12.9 Å². The van der Waals surface area contributed by atoms with Gasteiger partial charge in [-0.15, -0.1) is 6.58 Å². The normalized spacial score (nSPS) is 11.6. The Morgan fingerprint density at radius 2 is 2.05 bits per heavy atom. The van der Waals surface area contributed by atoms with E-state index in [4.69, 9.17) is 4.52 Å². The van der Waals surface area contributed by atoms with E-state index in [-0.39, 0.29) is 11.4 Å². The second-order valence-electron chi connectivity index (χ2n) is 4.69. The Morgan fingerprint density at radius 3 is 2.59 bits per heavy atom. The van der Waals surface area contributed by atoms with E-state index in [1.165, 1.54) is 11.4 Å². The van der Waals surface area contributed by atoms with Crippen LogP contribution in [-0.2, 0) is 16.6 Å². The highest BCUT2D eigenvalue weighted by Crippen LogP contribution is 2.17. The summed E-state index contributed by atoms with van der Waals surface area (Å²) in [6.07, 6.45) is 1.54. The molecule has 0 fully saturated rings. The molecule has 0 unspecified atom stereocenters. The zero-order valence-electron chi connectivity index (χ0n) is 12.5. The summed E-state index contributed by atoms with van der Waals surface area (Å²) >= 11 is 0. The summed E-state index contributed by atoms with van der Waals surface area (Å²) in [6.45, 7) is 5.92. The van der Waals surface area contributed by atoms with Crippen molar-refractivity contribution in [3.05, 3.63) is 48.6 Å². The predicted octanol–water partition coefficient (Wildman–Crippen LogP) is 1.80. The van der Waals surface area contributed by atoms with Gasteiger partial charge in [0.1, 0.15) is 0 Å². The minimum atomic E-state index is -3.49. The summed E-state index contributed by atoms with van der Waals surface area (Å²) in [5.74, 6) is 1.04. The highest BCUT2D eigenvalue weighted by Gasteiger charge is 2.19. The maximum absolute atomic E-state index is 12.2. The third kappa shape index (κ3) is 3.71. The first-order valence-electron chi connectivity index (χ1n) is 6.64. The number of nitrogens with one attached hydrogen (secondary N) is 1. The number of sulfonamides is 1. The van der Waals surface area contributed by atoms with Gasteiger partial charge in [0, 0.05) is 19.3 Å². The average Bonchev–Trinajstić information content (AvgIpc) is 2.91. The number of hydrogen-bond donors (Lipinski definition) is 1. The monoisotopic (exact) mass is 322 g/mol. The molecule has 0 saturated heterocycles. The molecule has 0 aliphatic carbocycles. The number of anilines is 1. The first-order valence-corrected chi connectivity index (χ1v) is 8.08. The fourth-order valence-electron chi connectivity index (χ4n) is 1.79. The molecule has 1 N–H and O–H groups in total. The fourth-order valence-corrected chi connectivity index (χ4v) is 2.94. The van der Waals surface area contributed by atoms with Gasteiger partial charge in [0.05, 0.1) is 11.4 Å². The van der Waals surface area contributed by atoms with Crippen LogP contribution in [0.2, 0.25) is 0 Å². The van der Waals surface area contributed by atoms with Gasteiger partial charge in [-0.3, -0.25) is 0 Å². The Balaban J connectivity index is 2.05. The maximum atomic E-state index is 12.2. The van der Waals surface area contributed by atoms with Crippen LogP contribution in [0.25, 0.3) is 0 Å². The quantitative estimate of drug-likeness (QED) is 0.782. The van der Waals surface area contributed by atoms with Gasteiger partial charge in [-0.1, -0.05) is 11.2 Å². The van der Waals surface area contributed by atoms with Crippen molar-refractivity contribution in [2.45, 2.75) is 18.4 Å². The Labute approximate surface area is 129 Å². The molecule has 2 rings (SSSR count). The van der Waals surface area contributed by atoms with Gasteiger partial charge in [0.15, 0.2) is 5.82 Å². The van der Waals surface area contributed by atoms with E-state index in [0.29, 0.717) is 18.3 Å². The lowest BCUT2D eigenvalue weighted by atomic mass is 10.3. The lowest BCUT2D eigenvalue weighted by molar-refractivity contribution is 0.379. The summed E-state index contributed by atoms with van der Waals surface area (Å²) < 4.78 is 30.7. The number of aromatic nitrogens is 2. The van der Waals surface area contributed by atoms with Crippen LogP contribution in [0.1, 0.15) is 11.7 Å². The van der Waals surface area contributed by atoms with Crippen LogP contribution in [0.3, 0.4) is 0 Å². The Hall–Kier alpha value is -2.19. The van der Waals surface area contributed by atoms with Crippen LogP contribution in [0.5, 0.6) is 0 Å². The van der Waals surface area contributed by atoms with Crippen LogP contribution >= 0.6 is 0 Å². The molecule has 0 amide bonds. The third-order valence-electron chi connectivity index (χ3n) is 2.96. The third-order valence-corrected chi connectivity index (χ3v) is 4.80. The molecule has 0 bridgehead atoms. The zero-order chi connectivity index (χ0) is 16.2. The van der Waals surface area contributed by atoms with E-state index < -0.39 is 10.0 Å². The van der Waals surface area contributed by atoms with Crippen molar-refractivity contribution in [3.8, 4) is 0 Å². The van der Waals surface area contributed by atoms with Crippen molar-refractivity contribution >= 4 is 15.7 Å². The average molecular weight is 322 g/mol. The Bertz CT molecular complexity index is 738. The highest BCUT2D eigenvalue weighted by molar-refractivity contribution is 7.89. The number of likely N-dealkylation sites (N-methyl/N-ethyl adjacent to an activating group) is 1. The molecule has 8 heteroatoms. The predicted molar refractivity (Wildman–Crippen MR) is 82.8 cm³/mol. The van der Waals surface area contributed by atoms with Gasteiger partial charge < -0.3 is 9.84 Å². The highest BCUT2D eigenvalue weighted by atomic mass is 32.2. The zero-order valence-corrected chi connectivity index (χ0v) is 13.3. The van der Waals surface area contributed by atoms with Gasteiger partial charge in [-0.25, -0.2) is 8.42 Å². The molecule has 0 radical (unpaired) electrons. The SMILES string of the molecule is C=CCN(C)S(=O)(=O)c1ccc(NCc2nc(C)no2)cc1. The molecule has 0 saturated carbocycles. The van der Waals surface area contributed by atoms with E-state index in [9.17, 15) is 8.42 Å². The molecule has 2 aromatic rings. The molecule has 118 valence electrons. The minimum absolute atomic E-state index is 0.232. The standard InChI is InChI=1S/C14H18N4O3S/c1-4-9-18(3)22(19,20)13-7-5-12(6-8-13)15-10-14-16-11(2)17-21-14/h4-8,15H,1,9-10H2,2-3H3. The summed E-state index contributed by atoms with van der Waals surface area (Å²) in [4.78, 5) is 4.31. The van der Waals surface area contributed by atoms with Gasteiger partial charge >= 0.3 is 0 Å². The molecule has 1 heterocycles. The van der Waals surface area contributed by atoms with E-state index in [1.807, 2.05) is 0 Å². The molecular formula is C14H18N4O3S. The number of benzene rings is 1. The van der Waals surface area contributed by atoms with Gasteiger partial charge in [0.25, 0.3) is 0 Å². The van der Waals surface area contributed by atoms with Crippen LogP contribution < -0.4 is 5.32 Å². The maximum Gasteiger partial charge on any atom is 0.245 e. The van der Waals surface area contributed by atoms with E-state index in [2.05, 4.69) is 22.0 Å². The van der Waals surface area contributed by atoms with Crippen molar-refractivity contribution in [3.63, 3.8) is 0 Å². The minimum Gasteiger partial charge on any atom is -0.376 e. The van der Waals surface area contributed by atoms with Crippen LogP contribution in [0, 0.1) is 6.92 Å². The number of aryl methyl sites for hydroxylation is 1. The molecule has 0 aliphatic rings.